The minimum absolute atomic E-state index is 0.0204. The van der Waals surface area contributed by atoms with E-state index >= 15 is 0 Å². The molecule has 21 heavy (non-hydrogen) atoms. The number of hydrogen-bond acceptors (Lipinski definition) is 2. The van der Waals surface area contributed by atoms with Crippen LogP contribution in [0.2, 0.25) is 0 Å². The maximum absolute atomic E-state index is 12.3. The van der Waals surface area contributed by atoms with Crippen LogP contribution in [-0.2, 0) is 19.3 Å². The van der Waals surface area contributed by atoms with Crippen molar-refractivity contribution in [3.8, 4) is 0 Å². The second kappa shape index (κ2) is 6.75. The predicted molar refractivity (Wildman–Crippen MR) is 92.9 cm³/mol. The number of aryl methyl sites for hydroxylation is 3. The van der Waals surface area contributed by atoms with E-state index in [1.165, 1.54) is 22.4 Å². The summed E-state index contributed by atoms with van der Waals surface area (Å²) in [5, 5.41) is 4.03. The Balaban J connectivity index is 1.69. The Morgan fingerprint density at radius 1 is 1.29 bits per heavy atom. The van der Waals surface area contributed by atoms with E-state index in [4.69, 9.17) is 0 Å². The van der Waals surface area contributed by atoms with E-state index in [-0.39, 0.29) is 5.91 Å². The summed E-state index contributed by atoms with van der Waals surface area (Å²) in [7, 11) is 0. The number of halogens is 1. The highest BCUT2D eigenvalue weighted by Gasteiger charge is 2.18. The molecule has 0 fully saturated rings. The topological polar surface area (TPSA) is 29.1 Å². The van der Waals surface area contributed by atoms with Gasteiger partial charge in [-0.3, -0.25) is 4.79 Å². The molecular formula is C17H18BrNOS. The van der Waals surface area contributed by atoms with Gasteiger partial charge in [-0.05, 0) is 61.4 Å². The zero-order chi connectivity index (χ0) is 14.7. The van der Waals surface area contributed by atoms with Crippen LogP contribution in [0.5, 0.6) is 0 Å². The van der Waals surface area contributed by atoms with Crippen LogP contribution in [0.3, 0.4) is 0 Å². The molecule has 0 saturated carbocycles. The first kappa shape index (κ1) is 14.8. The zero-order valence-corrected chi connectivity index (χ0v) is 14.2. The van der Waals surface area contributed by atoms with Crippen molar-refractivity contribution in [2.45, 2.75) is 32.1 Å². The van der Waals surface area contributed by atoms with E-state index in [2.05, 4.69) is 39.4 Å². The molecule has 0 bridgehead atoms. The normalized spacial score (nSPS) is 13.2. The van der Waals surface area contributed by atoms with Crippen molar-refractivity contribution < 1.29 is 4.79 Å². The third-order valence-corrected chi connectivity index (χ3v) is 5.55. The molecular weight excluding hydrogens is 346 g/mol. The standard InChI is InChI=1S/C17H18BrNOS/c18-9-3-5-12-4-1-7-14(10-12)19-17(20)16-11-13-6-2-8-15(13)21-16/h1,4,7,10-11H,2-3,5-6,8-9H2,(H,19,20). The highest BCUT2D eigenvalue weighted by Crippen LogP contribution is 2.31. The lowest BCUT2D eigenvalue weighted by Gasteiger charge is -2.06. The summed E-state index contributed by atoms with van der Waals surface area (Å²) in [4.78, 5) is 14.6. The fourth-order valence-electron chi connectivity index (χ4n) is 2.71. The van der Waals surface area contributed by atoms with Crippen LogP contribution < -0.4 is 5.32 Å². The lowest BCUT2D eigenvalue weighted by atomic mass is 10.1. The van der Waals surface area contributed by atoms with E-state index in [0.29, 0.717) is 0 Å². The predicted octanol–water partition coefficient (Wildman–Crippen LogP) is 4.82. The molecule has 2 aromatic rings. The number of carbonyl (C=O) groups is 1. The van der Waals surface area contributed by atoms with Crippen molar-refractivity contribution in [3.05, 3.63) is 51.2 Å². The van der Waals surface area contributed by atoms with Crippen molar-refractivity contribution in [2.75, 3.05) is 10.6 Å². The minimum atomic E-state index is 0.0204. The smallest absolute Gasteiger partial charge is 0.265 e. The van der Waals surface area contributed by atoms with Gasteiger partial charge in [0.05, 0.1) is 4.88 Å². The molecule has 1 aliphatic carbocycles. The van der Waals surface area contributed by atoms with Gasteiger partial charge < -0.3 is 5.32 Å². The average Bonchev–Trinajstić information content (AvgIpc) is 3.06. The van der Waals surface area contributed by atoms with Gasteiger partial charge in [-0.2, -0.15) is 0 Å². The minimum Gasteiger partial charge on any atom is -0.321 e. The number of rotatable bonds is 5. The van der Waals surface area contributed by atoms with Crippen LogP contribution >= 0.6 is 27.3 Å². The number of hydrogen-bond donors (Lipinski definition) is 1. The maximum Gasteiger partial charge on any atom is 0.265 e. The van der Waals surface area contributed by atoms with E-state index in [0.717, 1.165) is 41.6 Å². The Labute approximate surface area is 137 Å². The number of alkyl halides is 1. The third kappa shape index (κ3) is 3.55. The number of amides is 1. The molecule has 110 valence electrons. The van der Waals surface area contributed by atoms with Crippen LogP contribution in [0.1, 0.15) is 38.5 Å². The molecule has 0 spiro atoms. The summed E-state index contributed by atoms with van der Waals surface area (Å²) in [6, 6.07) is 10.2. The second-order valence-corrected chi connectivity index (χ2v) is 7.29. The van der Waals surface area contributed by atoms with E-state index in [1.54, 1.807) is 11.3 Å². The monoisotopic (exact) mass is 363 g/mol. The van der Waals surface area contributed by atoms with Gasteiger partial charge in [0.15, 0.2) is 0 Å². The number of anilines is 1. The van der Waals surface area contributed by atoms with Gasteiger partial charge >= 0.3 is 0 Å². The van der Waals surface area contributed by atoms with E-state index < -0.39 is 0 Å². The summed E-state index contributed by atoms with van der Waals surface area (Å²) in [6.45, 7) is 0. The summed E-state index contributed by atoms with van der Waals surface area (Å²) >= 11 is 5.10. The van der Waals surface area contributed by atoms with Gasteiger partial charge in [0, 0.05) is 15.9 Å². The molecule has 1 amide bonds. The highest BCUT2D eigenvalue weighted by molar-refractivity contribution is 9.09. The Kier molecular flexibility index (Phi) is 4.76. The highest BCUT2D eigenvalue weighted by atomic mass is 79.9. The number of thiophene rings is 1. The van der Waals surface area contributed by atoms with Crippen molar-refractivity contribution in [1.82, 2.24) is 0 Å². The molecule has 2 nitrogen and oxygen atoms in total. The summed E-state index contributed by atoms with van der Waals surface area (Å²) < 4.78 is 0. The number of carbonyl (C=O) groups excluding carboxylic acids is 1. The van der Waals surface area contributed by atoms with Gasteiger partial charge in [0.1, 0.15) is 0 Å². The molecule has 0 radical (unpaired) electrons. The summed E-state index contributed by atoms with van der Waals surface area (Å²) in [5.41, 5.74) is 3.53. The quantitative estimate of drug-likeness (QED) is 0.758. The molecule has 1 N–H and O–H groups in total. The molecule has 0 aliphatic heterocycles. The average molecular weight is 364 g/mol. The lowest BCUT2D eigenvalue weighted by Crippen LogP contribution is -2.10. The van der Waals surface area contributed by atoms with Crippen molar-refractivity contribution in [3.63, 3.8) is 0 Å². The Bertz CT molecular complexity index is 628. The zero-order valence-electron chi connectivity index (χ0n) is 11.8. The Morgan fingerprint density at radius 2 is 2.19 bits per heavy atom. The van der Waals surface area contributed by atoms with Crippen LogP contribution in [-0.4, -0.2) is 11.2 Å². The van der Waals surface area contributed by atoms with E-state index in [1.807, 2.05) is 12.1 Å². The molecule has 1 aromatic carbocycles. The van der Waals surface area contributed by atoms with Crippen molar-refractivity contribution in [1.29, 1.82) is 0 Å². The molecule has 3 rings (SSSR count). The fourth-order valence-corrected chi connectivity index (χ4v) is 4.14. The van der Waals surface area contributed by atoms with Gasteiger partial charge in [0.2, 0.25) is 0 Å². The Hall–Kier alpha value is -1.13. The largest absolute Gasteiger partial charge is 0.321 e. The number of nitrogens with one attached hydrogen (secondary N) is 1. The van der Waals surface area contributed by atoms with Gasteiger partial charge in [-0.15, -0.1) is 11.3 Å². The van der Waals surface area contributed by atoms with Crippen molar-refractivity contribution >= 4 is 38.9 Å². The summed E-state index contributed by atoms with van der Waals surface area (Å²) in [5.74, 6) is 0.0204. The summed E-state index contributed by atoms with van der Waals surface area (Å²) in [6.07, 6.45) is 5.63. The van der Waals surface area contributed by atoms with Crippen LogP contribution in [0, 0.1) is 0 Å². The molecule has 1 aliphatic rings. The maximum atomic E-state index is 12.3. The molecule has 4 heteroatoms. The molecule has 1 heterocycles. The molecule has 1 aromatic heterocycles. The van der Waals surface area contributed by atoms with E-state index in [9.17, 15) is 4.79 Å². The third-order valence-electron chi connectivity index (χ3n) is 3.75. The fraction of sp³-hybridized carbons (Fsp3) is 0.353. The van der Waals surface area contributed by atoms with Gasteiger partial charge in [-0.25, -0.2) is 0 Å². The van der Waals surface area contributed by atoms with Gasteiger partial charge in [-0.1, -0.05) is 28.1 Å². The van der Waals surface area contributed by atoms with Gasteiger partial charge in [0.25, 0.3) is 5.91 Å². The SMILES string of the molecule is O=C(Nc1cccc(CCCBr)c1)c1cc2c(s1)CCC2. The number of fused-ring (bicyclic) bond motifs is 1. The first-order valence-corrected chi connectivity index (χ1v) is 9.28. The number of benzene rings is 1. The van der Waals surface area contributed by atoms with Crippen LogP contribution in [0.4, 0.5) is 5.69 Å². The molecule has 0 saturated heterocycles. The first-order chi connectivity index (χ1) is 10.3. The van der Waals surface area contributed by atoms with Crippen molar-refractivity contribution in [2.24, 2.45) is 0 Å². The first-order valence-electron chi connectivity index (χ1n) is 7.34. The second-order valence-electron chi connectivity index (χ2n) is 5.36. The molecule has 0 unspecified atom stereocenters. The molecule has 0 atom stereocenters. The van der Waals surface area contributed by atoms with Crippen LogP contribution in [0.15, 0.2) is 30.3 Å². The lowest BCUT2D eigenvalue weighted by molar-refractivity contribution is 0.103. The van der Waals surface area contributed by atoms with Crippen LogP contribution in [0.25, 0.3) is 0 Å². The Morgan fingerprint density at radius 3 is 3.00 bits per heavy atom.